The summed E-state index contributed by atoms with van der Waals surface area (Å²) in [5.41, 5.74) is 2.30. The van der Waals surface area contributed by atoms with Crippen LogP contribution in [0.25, 0.3) is 6.08 Å². The SMILES string of the molecule is COc1ccc(NC(=O)/C=C/c2ccc(OCc3ccc(F)cc3)c(OC)c2)cc1. The van der Waals surface area contributed by atoms with Gasteiger partial charge in [-0.25, -0.2) is 4.39 Å². The summed E-state index contributed by atoms with van der Waals surface area (Å²) in [5, 5.41) is 2.78. The zero-order valence-corrected chi connectivity index (χ0v) is 16.7. The normalized spacial score (nSPS) is 10.6. The Bertz CT molecular complexity index is 1010. The van der Waals surface area contributed by atoms with Crippen molar-refractivity contribution in [1.29, 1.82) is 0 Å². The van der Waals surface area contributed by atoms with Crippen LogP contribution in [0, 0.1) is 5.82 Å². The van der Waals surface area contributed by atoms with Crippen molar-refractivity contribution in [3.05, 3.63) is 89.8 Å². The third kappa shape index (κ3) is 5.85. The fourth-order valence-corrected chi connectivity index (χ4v) is 2.68. The molecule has 0 aliphatic carbocycles. The Labute approximate surface area is 174 Å². The zero-order chi connectivity index (χ0) is 21.3. The quantitative estimate of drug-likeness (QED) is 0.530. The van der Waals surface area contributed by atoms with E-state index < -0.39 is 0 Å². The largest absolute Gasteiger partial charge is 0.497 e. The van der Waals surface area contributed by atoms with Crippen molar-refractivity contribution in [2.24, 2.45) is 0 Å². The maximum absolute atomic E-state index is 13.0. The molecule has 1 N–H and O–H groups in total. The van der Waals surface area contributed by atoms with E-state index in [1.54, 1.807) is 68.8 Å². The van der Waals surface area contributed by atoms with Crippen LogP contribution in [0.4, 0.5) is 10.1 Å². The second kappa shape index (κ2) is 10.1. The van der Waals surface area contributed by atoms with Gasteiger partial charge in [0.1, 0.15) is 18.2 Å². The van der Waals surface area contributed by atoms with E-state index in [2.05, 4.69) is 5.32 Å². The van der Waals surface area contributed by atoms with E-state index in [9.17, 15) is 9.18 Å². The Morgan fingerprint density at radius 2 is 1.67 bits per heavy atom. The number of hydrogen-bond acceptors (Lipinski definition) is 4. The van der Waals surface area contributed by atoms with Crippen LogP contribution in [-0.4, -0.2) is 20.1 Å². The van der Waals surface area contributed by atoms with Gasteiger partial charge in [-0.1, -0.05) is 18.2 Å². The lowest BCUT2D eigenvalue weighted by molar-refractivity contribution is -0.111. The molecule has 0 saturated carbocycles. The maximum Gasteiger partial charge on any atom is 0.248 e. The number of carbonyl (C=O) groups excluding carboxylic acids is 1. The Hall–Kier alpha value is -3.80. The Kier molecular flexibility index (Phi) is 7.05. The molecule has 0 spiro atoms. The first-order chi connectivity index (χ1) is 14.6. The summed E-state index contributed by atoms with van der Waals surface area (Å²) in [7, 11) is 3.13. The van der Waals surface area contributed by atoms with Crippen LogP contribution >= 0.6 is 0 Å². The van der Waals surface area contributed by atoms with E-state index in [1.807, 2.05) is 6.07 Å². The van der Waals surface area contributed by atoms with E-state index in [4.69, 9.17) is 14.2 Å². The topological polar surface area (TPSA) is 56.8 Å². The first-order valence-electron chi connectivity index (χ1n) is 9.26. The molecule has 30 heavy (non-hydrogen) atoms. The van der Waals surface area contributed by atoms with Crippen LogP contribution in [0.2, 0.25) is 0 Å². The van der Waals surface area contributed by atoms with Crippen molar-refractivity contribution in [2.45, 2.75) is 6.61 Å². The number of nitrogens with one attached hydrogen (secondary N) is 1. The van der Waals surface area contributed by atoms with Gasteiger partial charge in [-0.3, -0.25) is 4.79 Å². The first-order valence-corrected chi connectivity index (χ1v) is 9.26. The molecule has 0 heterocycles. The minimum Gasteiger partial charge on any atom is -0.497 e. The highest BCUT2D eigenvalue weighted by molar-refractivity contribution is 6.01. The highest BCUT2D eigenvalue weighted by Gasteiger charge is 2.06. The van der Waals surface area contributed by atoms with Gasteiger partial charge < -0.3 is 19.5 Å². The highest BCUT2D eigenvalue weighted by atomic mass is 19.1. The second-order valence-electron chi connectivity index (χ2n) is 6.38. The third-order valence-corrected chi connectivity index (χ3v) is 4.28. The third-order valence-electron chi connectivity index (χ3n) is 4.28. The van der Waals surface area contributed by atoms with E-state index in [-0.39, 0.29) is 18.3 Å². The molecular formula is C24H22FNO4. The molecule has 0 unspecified atom stereocenters. The molecule has 6 heteroatoms. The molecule has 0 aliphatic rings. The van der Waals surface area contributed by atoms with Crippen molar-refractivity contribution < 1.29 is 23.4 Å². The highest BCUT2D eigenvalue weighted by Crippen LogP contribution is 2.29. The van der Waals surface area contributed by atoms with Gasteiger partial charge in [0.2, 0.25) is 5.91 Å². The van der Waals surface area contributed by atoms with Crippen LogP contribution in [0.3, 0.4) is 0 Å². The minimum atomic E-state index is -0.288. The average Bonchev–Trinajstić information content (AvgIpc) is 2.78. The number of halogens is 1. The average molecular weight is 407 g/mol. The van der Waals surface area contributed by atoms with Gasteiger partial charge in [-0.05, 0) is 65.7 Å². The number of methoxy groups -OCH3 is 2. The van der Waals surface area contributed by atoms with Crippen molar-refractivity contribution >= 4 is 17.7 Å². The molecule has 5 nitrogen and oxygen atoms in total. The lowest BCUT2D eigenvalue weighted by Gasteiger charge is -2.11. The molecule has 0 aliphatic heterocycles. The van der Waals surface area contributed by atoms with Gasteiger partial charge in [0.25, 0.3) is 0 Å². The molecule has 1 amide bonds. The number of anilines is 1. The smallest absolute Gasteiger partial charge is 0.248 e. The lowest BCUT2D eigenvalue weighted by Crippen LogP contribution is -2.07. The Balaban J connectivity index is 1.61. The van der Waals surface area contributed by atoms with E-state index in [0.29, 0.717) is 17.2 Å². The monoisotopic (exact) mass is 407 g/mol. The summed E-state index contributed by atoms with van der Waals surface area (Å²) in [6.45, 7) is 0.288. The molecule has 3 aromatic rings. The fourth-order valence-electron chi connectivity index (χ4n) is 2.68. The van der Waals surface area contributed by atoms with Crippen LogP contribution in [0.1, 0.15) is 11.1 Å². The summed E-state index contributed by atoms with van der Waals surface area (Å²) in [5.74, 6) is 1.27. The van der Waals surface area contributed by atoms with Gasteiger partial charge in [0, 0.05) is 11.8 Å². The van der Waals surface area contributed by atoms with Crippen LogP contribution in [0.15, 0.2) is 72.8 Å². The van der Waals surface area contributed by atoms with Gasteiger partial charge in [0.15, 0.2) is 11.5 Å². The first kappa shape index (κ1) is 20.9. The van der Waals surface area contributed by atoms with E-state index in [0.717, 1.165) is 16.9 Å². The van der Waals surface area contributed by atoms with Crippen LogP contribution < -0.4 is 19.5 Å². The summed E-state index contributed by atoms with van der Waals surface area (Å²) in [6.07, 6.45) is 3.13. The van der Waals surface area contributed by atoms with Crippen LogP contribution in [0.5, 0.6) is 17.2 Å². The predicted octanol–water partition coefficient (Wildman–Crippen LogP) is 5.07. The molecule has 0 aromatic heterocycles. The van der Waals surface area contributed by atoms with Crippen molar-refractivity contribution in [1.82, 2.24) is 0 Å². The van der Waals surface area contributed by atoms with Gasteiger partial charge in [-0.2, -0.15) is 0 Å². The predicted molar refractivity (Wildman–Crippen MR) is 114 cm³/mol. The molecule has 0 radical (unpaired) electrons. The van der Waals surface area contributed by atoms with Gasteiger partial charge in [-0.15, -0.1) is 0 Å². The Morgan fingerprint density at radius 3 is 2.33 bits per heavy atom. The minimum absolute atomic E-state index is 0.254. The zero-order valence-electron chi connectivity index (χ0n) is 16.7. The molecule has 3 aromatic carbocycles. The summed E-state index contributed by atoms with van der Waals surface area (Å²) in [4.78, 5) is 12.1. The molecular weight excluding hydrogens is 385 g/mol. The molecule has 0 atom stereocenters. The number of benzene rings is 3. The number of amides is 1. The summed E-state index contributed by atoms with van der Waals surface area (Å²) >= 11 is 0. The summed E-state index contributed by atoms with van der Waals surface area (Å²) < 4.78 is 29.2. The van der Waals surface area contributed by atoms with Crippen molar-refractivity contribution in [3.63, 3.8) is 0 Å². The molecule has 154 valence electrons. The standard InChI is InChI=1S/C24H22FNO4/c1-28-21-11-9-20(10-12-21)26-24(27)14-6-17-5-13-22(23(15-17)29-2)30-16-18-3-7-19(25)8-4-18/h3-15H,16H2,1-2H3,(H,26,27)/b14-6+. The molecule has 0 fully saturated rings. The van der Waals surface area contributed by atoms with Gasteiger partial charge >= 0.3 is 0 Å². The number of hydrogen-bond donors (Lipinski definition) is 1. The molecule has 0 bridgehead atoms. The van der Waals surface area contributed by atoms with E-state index >= 15 is 0 Å². The van der Waals surface area contributed by atoms with Crippen molar-refractivity contribution in [3.8, 4) is 17.2 Å². The number of ether oxygens (including phenoxy) is 3. The van der Waals surface area contributed by atoms with Crippen LogP contribution in [-0.2, 0) is 11.4 Å². The Morgan fingerprint density at radius 1 is 0.933 bits per heavy atom. The summed E-state index contributed by atoms with van der Waals surface area (Å²) in [6, 6.07) is 18.5. The lowest BCUT2D eigenvalue weighted by atomic mass is 10.2. The number of carbonyl (C=O) groups is 1. The fraction of sp³-hybridized carbons (Fsp3) is 0.125. The maximum atomic E-state index is 13.0. The van der Waals surface area contributed by atoms with Gasteiger partial charge in [0.05, 0.1) is 14.2 Å². The number of rotatable bonds is 8. The molecule has 0 saturated heterocycles. The van der Waals surface area contributed by atoms with E-state index in [1.165, 1.54) is 18.2 Å². The second-order valence-corrected chi connectivity index (χ2v) is 6.38. The van der Waals surface area contributed by atoms with Crippen molar-refractivity contribution in [2.75, 3.05) is 19.5 Å². The molecule has 3 rings (SSSR count).